The molecule has 2 atom stereocenters. The Kier molecular flexibility index (Phi) is 5.81. The Morgan fingerprint density at radius 3 is 2.46 bits per heavy atom. The van der Waals surface area contributed by atoms with E-state index in [4.69, 9.17) is 0 Å². The molecule has 2 heterocycles. The molecule has 1 aromatic rings. The average molecular weight is 434 g/mol. The van der Waals surface area contributed by atoms with Gasteiger partial charge in [0.25, 0.3) is 5.91 Å². The van der Waals surface area contributed by atoms with Crippen molar-refractivity contribution < 1.29 is 26.0 Å². The molecule has 1 amide bonds. The highest BCUT2D eigenvalue weighted by atomic mass is 32.2. The van der Waals surface area contributed by atoms with E-state index < -0.39 is 48.6 Å². The van der Waals surface area contributed by atoms with Crippen molar-refractivity contribution in [3.05, 3.63) is 30.1 Å². The number of sulfonamides is 1. The molecule has 2 saturated heterocycles. The number of rotatable bonds is 5. The number of hydrogen-bond donors (Lipinski definition) is 0. The van der Waals surface area contributed by atoms with Crippen LogP contribution in [0, 0.1) is 5.82 Å². The second-order valence-corrected chi connectivity index (χ2v) is 11.4. The summed E-state index contributed by atoms with van der Waals surface area (Å²) >= 11 is 0. The summed E-state index contributed by atoms with van der Waals surface area (Å²) in [5.41, 5.74) is 0. The normalized spacial score (nSPS) is 25.3. The lowest BCUT2D eigenvalue weighted by Crippen LogP contribution is -2.56. The first-order valence-electron chi connectivity index (χ1n) is 9.02. The van der Waals surface area contributed by atoms with Crippen LogP contribution in [0.1, 0.15) is 19.3 Å². The van der Waals surface area contributed by atoms with Crippen LogP contribution in [0.5, 0.6) is 0 Å². The van der Waals surface area contributed by atoms with E-state index in [9.17, 15) is 26.0 Å². The largest absolute Gasteiger partial charge is 0.272 e. The van der Waals surface area contributed by atoms with Gasteiger partial charge in [-0.15, -0.1) is 0 Å². The Morgan fingerprint density at radius 1 is 1.21 bits per heavy atom. The molecule has 2 aliphatic rings. The fraction of sp³-hybridized carbons (Fsp3) is 0.588. The van der Waals surface area contributed by atoms with Gasteiger partial charge in [-0.2, -0.15) is 4.31 Å². The van der Waals surface area contributed by atoms with Gasteiger partial charge in [0.2, 0.25) is 10.0 Å². The summed E-state index contributed by atoms with van der Waals surface area (Å²) in [5, 5.41) is 2.84. The number of sulfone groups is 1. The van der Waals surface area contributed by atoms with Crippen molar-refractivity contribution >= 4 is 25.8 Å². The third-order valence-electron chi connectivity index (χ3n) is 5.12. The zero-order valence-electron chi connectivity index (χ0n) is 15.8. The molecule has 3 rings (SSSR count). The summed E-state index contributed by atoms with van der Waals surface area (Å²) in [7, 11) is -4.18. The van der Waals surface area contributed by atoms with Crippen LogP contribution >= 0.6 is 0 Å². The molecule has 0 N–H and O–H groups in total. The van der Waals surface area contributed by atoms with Gasteiger partial charge in [-0.1, -0.05) is 12.1 Å². The number of halogens is 1. The number of hydrogen-bond acceptors (Lipinski definition) is 6. The van der Waals surface area contributed by atoms with Crippen molar-refractivity contribution in [2.75, 3.05) is 32.1 Å². The van der Waals surface area contributed by atoms with Crippen molar-refractivity contribution in [2.24, 2.45) is 0 Å². The zero-order chi connectivity index (χ0) is 20.7. The molecular weight excluding hydrogens is 409 g/mol. The minimum atomic E-state index is -4.20. The summed E-state index contributed by atoms with van der Waals surface area (Å²) in [6.07, 6.45) is 1.07. The van der Waals surface area contributed by atoms with Crippen molar-refractivity contribution in [1.82, 2.24) is 14.3 Å². The van der Waals surface area contributed by atoms with Crippen LogP contribution in [0.25, 0.3) is 0 Å². The molecule has 1 aromatic carbocycles. The summed E-state index contributed by atoms with van der Waals surface area (Å²) < 4.78 is 64.8. The summed E-state index contributed by atoms with van der Waals surface area (Å²) in [6.45, 7) is 0.108. The van der Waals surface area contributed by atoms with E-state index in [0.29, 0.717) is 19.3 Å². The Bertz CT molecular complexity index is 965. The average Bonchev–Trinajstić information content (AvgIpc) is 3.22. The van der Waals surface area contributed by atoms with Crippen LogP contribution in [0.4, 0.5) is 4.39 Å². The number of hydrazine groups is 1. The van der Waals surface area contributed by atoms with Crippen molar-refractivity contribution in [3.63, 3.8) is 0 Å². The lowest BCUT2D eigenvalue weighted by Gasteiger charge is -2.37. The van der Waals surface area contributed by atoms with Crippen LogP contribution in [0.3, 0.4) is 0 Å². The van der Waals surface area contributed by atoms with Crippen LogP contribution in [0.15, 0.2) is 29.2 Å². The molecule has 0 bridgehead atoms. The molecular formula is C17H24FN3O5S2. The molecule has 11 heteroatoms. The minimum Gasteiger partial charge on any atom is -0.272 e. The maximum absolute atomic E-state index is 14.1. The Morgan fingerprint density at radius 2 is 1.89 bits per heavy atom. The summed E-state index contributed by atoms with van der Waals surface area (Å²) in [6, 6.07) is 3.54. The predicted molar refractivity (Wildman–Crippen MR) is 101 cm³/mol. The van der Waals surface area contributed by atoms with Gasteiger partial charge < -0.3 is 0 Å². The molecule has 2 aliphatic heterocycles. The Balaban J connectivity index is 1.91. The van der Waals surface area contributed by atoms with Crippen LogP contribution in [-0.4, -0.2) is 81.3 Å². The molecule has 0 radical (unpaired) electrons. The quantitative estimate of drug-likeness (QED) is 0.627. The highest BCUT2D eigenvalue weighted by Gasteiger charge is 2.45. The van der Waals surface area contributed by atoms with E-state index in [1.54, 1.807) is 14.1 Å². The van der Waals surface area contributed by atoms with E-state index in [-0.39, 0.29) is 18.1 Å². The summed E-state index contributed by atoms with van der Waals surface area (Å²) in [4.78, 5) is 12.8. The monoisotopic (exact) mass is 433 g/mol. The predicted octanol–water partition coefficient (Wildman–Crippen LogP) is 0.471. The molecule has 0 unspecified atom stereocenters. The molecule has 2 fully saturated rings. The van der Waals surface area contributed by atoms with Gasteiger partial charge in [-0.25, -0.2) is 26.2 Å². The number of nitrogens with zero attached hydrogens (tertiary/aromatic N) is 3. The SMILES string of the molecule is CN(C)N(C(=O)[C@@H]1CCCN1S(=O)(=O)c1ccccc1F)[C@@H]1CCS(=O)(=O)C1. The van der Waals surface area contributed by atoms with Gasteiger partial charge in [-0.05, 0) is 31.4 Å². The van der Waals surface area contributed by atoms with Gasteiger partial charge in [-0.3, -0.25) is 9.80 Å². The molecule has 0 aliphatic carbocycles. The molecule has 0 saturated carbocycles. The topological polar surface area (TPSA) is 95.1 Å². The van der Waals surface area contributed by atoms with Crippen LogP contribution in [-0.2, 0) is 24.7 Å². The zero-order valence-corrected chi connectivity index (χ0v) is 17.4. The molecule has 0 aromatic heterocycles. The first-order valence-corrected chi connectivity index (χ1v) is 12.3. The number of carbonyl (C=O) groups is 1. The highest BCUT2D eigenvalue weighted by Crippen LogP contribution is 2.30. The van der Waals surface area contributed by atoms with Gasteiger partial charge in [0.15, 0.2) is 9.84 Å². The van der Waals surface area contributed by atoms with E-state index >= 15 is 0 Å². The first kappa shape index (κ1) is 21.2. The molecule has 0 spiro atoms. The Labute approximate surface area is 164 Å². The third-order valence-corrected chi connectivity index (χ3v) is 8.81. The van der Waals surface area contributed by atoms with Gasteiger partial charge in [0.05, 0.1) is 17.5 Å². The number of amides is 1. The molecule has 8 nitrogen and oxygen atoms in total. The number of carbonyl (C=O) groups excluding carboxylic acids is 1. The maximum Gasteiger partial charge on any atom is 0.255 e. The lowest BCUT2D eigenvalue weighted by molar-refractivity contribution is -0.152. The number of benzene rings is 1. The van der Waals surface area contributed by atoms with Gasteiger partial charge in [0.1, 0.15) is 16.8 Å². The maximum atomic E-state index is 14.1. The van der Waals surface area contributed by atoms with Crippen LogP contribution in [0.2, 0.25) is 0 Å². The standard InChI is InChI=1S/C17H24FN3O5S2/c1-19(2)21(13-9-11-27(23,24)12-13)17(22)15-7-5-10-20(15)28(25,26)16-8-4-3-6-14(16)18/h3-4,6,8,13,15H,5,7,9-12H2,1-2H3/t13-,15+/m1/s1. The second kappa shape index (κ2) is 7.69. The Hall–Kier alpha value is -1.56. The second-order valence-electron chi connectivity index (χ2n) is 7.29. The van der Waals surface area contributed by atoms with Crippen molar-refractivity contribution in [3.8, 4) is 0 Å². The van der Waals surface area contributed by atoms with E-state index in [2.05, 4.69) is 0 Å². The minimum absolute atomic E-state index is 0.00278. The van der Waals surface area contributed by atoms with Gasteiger partial charge in [0, 0.05) is 20.6 Å². The van der Waals surface area contributed by atoms with Crippen molar-refractivity contribution in [1.29, 1.82) is 0 Å². The lowest BCUT2D eigenvalue weighted by atomic mass is 10.1. The van der Waals surface area contributed by atoms with Crippen molar-refractivity contribution in [2.45, 2.75) is 36.2 Å². The molecule has 156 valence electrons. The van der Waals surface area contributed by atoms with Gasteiger partial charge >= 0.3 is 0 Å². The highest BCUT2D eigenvalue weighted by molar-refractivity contribution is 7.91. The van der Waals surface area contributed by atoms with E-state index in [1.807, 2.05) is 0 Å². The smallest absolute Gasteiger partial charge is 0.255 e. The van der Waals surface area contributed by atoms with Crippen LogP contribution < -0.4 is 0 Å². The fourth-order valence-corrected chi connectivity index (χ4v) is 7.29. The molecule has 28 heavy (non-hydrogen) atoms. The third kappa shape index (κ3) is 3.93. The van der Waals surface area contributed by atoms with E-state index in [0.717, 1.165) is 10.4 Å². The fourth-order valence-electron chi connectivity index (χ4n) is 3.88. The van der Waals surface area contributed by atoms with E-state index in [1.165, 1.54) is 28.2 Å². The first-order chi connectivity index (χ1) is 13.0. The summed E-state index contributed by atoms with van der Waals surface area (Å²) in [5.74, 6) is -1.50.